The number of ether oxygens (including phenoxy) is 1. The Kier molecular flexibility index (Phi) is 8.10. The van der Waals surface area contributed by atoms with Crippen molar-refractivity contribution in [1.82, 2.24) is 4.57 Å². The van der Waals surface area contributed by atoms with Crippen LogP contribution in [0.25, 0.3) is 0 Å². The molecule has 30 heavy (non-hydrogen) atoms. The van der Waals surface area contributed by atoms with Gasteiger partial charge in [-0.05, 0) is 31.0 Å². The molecule has 2 rings (SSSR count). The van der Waals surface area contributed by atoms with Gasteiger partial charge in [-0.15, -0.1) is 6.58 Å². The van der Waals surface area contributed by atoms with Crippen LogP contribution in [0.5, 0.6) is 11.6 Å². The first-order valence-corrected chi connectivity index (χ1v) is 10.2. The Labute approximate surface area is 184 Å². The molecule has 0 amide bonds. The van der Waals surface area contributed by atoms with Crippen LogP contribution >= 0.6 is 23.2 Å². The van der Waals surface area contributed by atoms with E-state index in [0.29, 0.717) is 6.61 Å². The van der Waals surface area contributed by atoms with Crippen LogP contribution in [-0.4, -0.2) is 22.1 Å². The number of aromatic hydroxyl groups is 1. The predicted molar refractivity (Wildman–Crippen MR) is 117 cm³/mol. The van der Waals surface area contributed by atoms with Gasteiger partial charge in [-0.2, -0.15) is 5.26 Å². The highest BCUT2D eigenvalue weighted by Crippen LogP contribution is 2.36. The minimum absolute atomic E-state index is 0.0635. The van der Waals surface area contributed by atoms with Crippen LogP contribution in [0.3, 0.4) is 0 Å². The number of carbonyl (C=O) groups is 1. The van der Waals surface area contributed by atoms with E-state index in [4.69, 9.17) is 27.9 Å². The van der Waals surface area contributed by atoms with Crippen molar-refractivity contribution in [2.24, 2.45) is 0 Å². The van der Waals surface area contributed by atoms with Gasteiger partial charge in [0.15, 0.2) is 11.5 Å². The summed E-state index contributed by atoms with van der Waals surface area (Å²) in [6, 6.07) is 4.57. The van der Waals surface area contributed by atoms with Gasteiger partial charge in [0.05, 0.1) is 22.2 Å². The lowest BCUT2D eigenvalue weighted by Crippen LogP contribution is -2.26. The maximum atomic E-state index is 13.2. The van der Waals surface area contributed by atoms with Gasteiger partial charge in [-0.25, -0.2) is 0 Å². The van der Waals surface area contributed by atoms with Crippen molar-refractivity contribution in [3.05, 3.63) is 67.4 Å². The Morgan fingerprint density at radius 2 is 1.97 bits per heavy atom. The summed E-state index contributed by atoms with van der Waals surface area (Å²) in [6.07, 6.45) is 4.27. The summed E-state index contributed by atoms with van der Waals surface area (Å²) >= 11 is 12.6. The lowest BCUT2D eigenvalue weighted by Gasteiger charge is -2.15. The van der Waals surface area contributed by atoms with E-state index in [9.17, 15) is 20.0 Å². The molecule has 1 aromatic heterocycles. The molecule has 0 bridgehead atoms. The monoisotopic (exact) mass is 448 g/mol. The third-order valence-electron chi connectivity index (χ3n) is 4.59. The summed E-state index contributed by atoms with van der Waals surface area (Å²) in [7, 11) is 0. The standard InChI is InChI=1S/C22H22Cl2N2O4/c1-4-6-7-9-30-20-16(23)10-14(11-17(20)24)19(27)18-13(3)15(12-25)21(28)26(8-5-2)22(18)29/h5,10-11,29H,2,4,6-9H2,1,3H3. The first-order chi connectivity index (χ1) is 14.3. The van der Waals surface area contributed by atoms with E-state index < -0.39 is 17.2 Å². The first-order valence-electron chi connectivity index (χ1n) is 9.42. The zero-order valence-electron chi connectivity index (χ0n) is 16.8. The highest BCUT2D eigenvalue weighted by atomic mass is 35.5. The Morgan fingerprint density at radius 3 is 2.50 bits per heavy atom. The second-order valence-electron chi connectivity index (χ2n) is 6.67. The van der Waals surface area contributed by atoms with E-state index in [1.165, 1.54) is 25.1 Å². The van der Waals surface area contributed by atoms with E-state index in [2.05, 4.69) is 13.5 Å². The number of nitriles is 1. The number of nitrogens with zero attached hydrogens (tertiary/aromatic N) is 2. The number of unbranched alkanes of at least 4 members (excludes halogenated alkanes) is 2. The number of allylic oxidation sites excluding steroid dienone is 1. The molecule has 0 atom stereocenters. The summed E-state index contributed by atoms with van der Waals surface area (Å²) in [5, 5.41) is 20.3. The molecule has 1 aromatic carbocycles. The molecule has 158 valence electrons. The van der Waals surface area contributed by atoms with Crippen molar-refractivity contribution in [1.29, 1.82) is 5.26 Å². The van der Waals surface area contributed by atoms with Gasteiger partial charge in [0, 0.05) is 12.1 Å². The first kappa shape index (κ1) is 23.5. The summed E-state index contributed by atoms with van der Waals surface area (Å²) in [6.45, 7) is 7.42. The molecule has 1 heterocycles. The molecule has 1 N–H and O–H groups in total. The highest BCUT2D eigenvalue weighted by Gasteiger charge is 2.25. The largest absolute Gasteiger partial charge is 0.494 e. The van der Waals surface area contributed by atoms with Crippen LogP contribution in [0, 0.1) is 18.3 Å². The van der Waals surface area contributed by atoms with Crippen molar-refractivity contribution in [2.75, 3.05) is 6.61 Å². The van der Waals surface area contributed by atoms with Crippen LogP contribution in [0.4, 0.5) is 0 Å². The normalized spacial score (nSPS) is 10.5. The summed E-state index contributed by atoms with van der Waals surface area (Å²) in [5.74, 6) is -0.893. The molecular formula is C22H22Cl2N2O4. The average molecular weight is 449 g/mol. The number of benzene rings is 1. The maximum Gasteiger partial charge on any atom is 0.271 e. The molecule has 0 fully saturated rings. The molecule has 8 heteroatoms. The summed E-state index contributed by atoms with van der Waals surface area (Å²) in [4.78, 5) is 25.6. The fourth-order valence-corrected chi connectivity index (χ4v) is 3.62. The number of halogens is 2. The fraction of sp³-hybridized carbons (Fsp3) is 0.318. The van der Waals surface area contributed by atoms with E-state index in [0.717, 1.165) is 23.8 Å². The number of aromatic nitrogens is 1. The molecule has 0 saturated heterocycles. The molecule has 0 aliphatic rings. The Balaban J connectivity index is 2.53. The van der Waals surface area contributed by atoms with E-state index in [1.807, 2.05) is 0 Å². The lowest BCUT2D eigenvalue weighted by molar-refractivity contribution is 0.103. The number of hydrogen-bond donors (Lipinski definition) is 1. The second kappa shape index (κ2) is 10.3. The fourth-order valence-electron chi connectivity index (χ4n) is 3.02. The van der Waals surface area contributed by atoms with Crippen molar-refractivity contribution in [3.8, 4) is 17.7 Å². The molecule has 0 aliphatic carbocycles. The second-order valence-corrected chi connectivity index (χ2v) is 7.48. The molecule has 6 nitrogen and oxygen atoms in total. The van der Waals surface area contributed by atoms with Crippen molar-refractivity contribution < 1.29 is 14.6 Å². The highest BCUT2D eigenvalue weighted by molar-refractivity contribution is 6.38. The number of ketones is 1. The van der Waals surface area contributed by atoms with Crippen molar-refractivity contribution in [2.45, 2.75) is 39.7 Å². The molecule has 0 spiro atoms. The van der Waals surface area contributed by atoms with Crippen LogP contribution in [0.15, 0.2) is 29.6 Å². The molecule has 0 radical (unpaired) electrons. The summed E-state index contributed by atoms with van der Waals surface area (Å²) < 4.78 is 6.55. The molecular weight excluding hydrogens is 427 g/mol. The molecule has 0 unspecified atom stereocenters. The van der Waals surface area contributed by atoms with Gasteiger partial charge >= 0.3 is 0 Å². The van der Waals surface area contributed by atoms with Gasteiger partial charge < -0.3 is 9.84 Å². The summed E-state index contributed by atoms with van der Waals surface area (Å²) in [5.41, 5.74) is -0.923. The Morgan fingerprint density at radius 1 is 1.33 bits per heavy atom. The number of carbonyl (C=O) groups excluding carboxylic acids is 1. The molecule has 0 aliphatic heterocycles. The molecule has 2 aromatic rings. The quantitative estimate of drug-likeness (QED) is 0.330. The van der Waals surface area contributed by atoms with Gasteiger partial charge in [-0.1, -0.05) is 49.0 Å². The lowest BCUT2D eigenvalue weighted by atomic mass is 9.97. The zero-order valence-corrected chi connectivity index (χ0v) is 18.3. The van der Waals surface area contributed by atoms with Gasteiger partial charge in [0.25, 0.3) is 5.56 Å². The zero-order chi connectivity index (χ0) is 22.4. The van der Waals surface area contributed by atoms with Crippen molar-refractivity contribution in [3.63, 3.8) is 0 Å². The topological polar surface area (TPSA) is 92.3 Å². The van der Waals surface area contributed by atoms with Crippen molar-refractivity contribution >= 4 is 29.0 Å². The SMILES string of the molecule is C=CCn1c(O)c(C(=O)c2cc(Cl)c(OCCCCC)c(Cl)c2)c(C)c(C#N)c1=O. The van der Waals surface area contributed by atoms with E-state index in [1.54, 1.807) is 6.07 Å². The van der Waals surface area contributed by atoms with Gasteiger partial charge in [0.2, 0.25) is 5.88 Å². The number of pyridine rings is 1. The van der Waals surface area contributed by atoms with Crippen LogP contribution < -0.4 is 10.3 Å². The van der Waals surface area contributed by atoms with Crippen LogP contribution in [0.2, 0.25) is 10.0 Å². The molecule has 0 saturated carbocycles. The van der Waals surface area contributed by atoms with E-state index in [-0.39, 0.29) is 44.6 Å². The van der Waals surface area contributed by atoms with Crippen LogP contribution in [-0.2, 0) is 6.54 Å². The Bertz CT molecular complexity index is 1060. The third kappa shape index (κ3) is 4.69. The van der Waals surface area contributed by atoms with Crippen LogP contribution in [0.1, 0.15) is 53.2 Å². The minimum Gasteiger partial charge on any atom is -0.494 e. The van der Waals surface area contributed by atoms with E-state index >= 15 is 0 Å². The average Bonchev–Trinajstić information content (AvgIpc) is 2.70. The Hall–Kier alpha value is -2.75. The number of rotatable bonds is 9. The third-order valence-corrected chi connectivity index (χ3v) is 5.16. The maximum absolute atomic E-state index is 13.2. The predicted octanol–water partition coefficient (Wildman–Crippen LogP) is 5.03. The smallest absolute Gasteiger partial charge is 0.271 e. The minimum atomic E-state index is -0.698. The number of hydrogen-bond acceptors (Lipinski definition) is 5. The van der Waals surface area contributed by atoms with Gasteiger partial charge in [0.1, 0.15) is 11.6 Å². The van der Waals surface area contributed by atoms with Gasteiger partial charge in [-0.3, -0.25) is 14.2 Å².